The standard InChI is InChI=1S/C30H28NO.C21H22GeN.Ir/c1-19(2)21-15-16-31-27(17-21)26-8-6-7-25-24-14-11-22(18-28(24)32-29(25)26)20-9-12-23(13-10-20)30(3,4)5;1-16-10-11-18(14-20(16)17-8-6-5-7-9-17)21-13-12-19(15-23-21)22(2,3)4;/h6-7,9-19H,1-5H3;5-10,12-15H,1-4H3;/q2*-1;/i19D;1D3;. The van der Waals surface area contributed by atoms with E-state index in [1.165, 1.54) is 15.5 Å². The summed E-state index contributed by atoms with van der Waals surface area (Å²) in [6.45, 7) is 8.27. The maximum atomic E-state index is 8.37. The van der Waals surface area contributed by atoms with Gasteiger partial charge in [0.2, 0.25) is 0 Å². The van der Waals surface area contributed by atoms with Crippen LogP contribution in [0, 0.1) is 19.0 Å². The molecule has 0 aliphatic rings. The minimum atomic E-state index is -2.18. The number of rotatable bonds is 6. The number of pyridine rings is 2. The first kappa shape index (κ1) is 35.8. The van der Waals surface area contributed by atoms with Crippen molar-refractivity contribution in [2.75, 3.05) is 0 Å². The summed E-state index contributed by atoms with van der Waals surface area (Å²) in [6, 6.07) is 46.7. The third-order valence-electron chi connectivity index (χ3n) is 10.1. The van der Waals surface area contributed by atoms with Crippen molar-refractivity contribution in [3.05, 3.63) is 163 Å². The molecule has 3 nitrogen and oxygen atoms in total. The van der Waals surface area contributed by atoms with Gasteiger partial charge >= 0.3 is 146 Å². The van der Waals surface area contributed by atoms with Gasteiger partial charge in [0.1, 0.15) is 5.58 Å². The minimum Gasteiger partial charge on any atom is 0 e. The first-order chi connectivity index (χ1) is 27.8. The van der Waals surface area contributed by atoms with Crippen molar-refractivity contribution < 1.29 is 30.0 Å². The van der Waals surface area contributed by atoms with E-state index in [-0.39, 0.29) is 25.5 Å². The maximum Gasteiger partial charge on any atom is 0 e. The van der Waals surface area contributed by atoms with Crippen molar-refractivity contribution in [3.63, 3.8) is 0 Å². The van der Waals surface area contributed by atoms with Gasteiger partial charge in [-0.3, -0.25) is 0 Å². The fourth-order valence-corrected chi connectivity index (χ4v) is 8.82. The van der Waals surface area contributed by atoms with Gasteiger partial charge in [-0.15, -0.1) is 18.2 Å². The Morgan fingerprint density at radius 3 is 2.16 bits per heavy atom. The van der Waals surface area contributed by atoms with Gasteiger partial charge in [0.25, 0.3) is 0 Å². The van der Waals surface area contributed by atoms with E-state index in [0.29, 0.717) is 11.1 Å². The van der Waals surface area contributed by atoms with Crippen LogP contribution in [0.4, 0.5) is 0 Å². The zero-order valence-corrected chi connectivity index (χ0v) is 37.8. The Bertz CT molecular complexity index is 2740. The van der Waals surface area contributed by atoms with E-state index < -0.39 is 26.0 Å². The number of fused-ring (bicyclic) bond motifs is 3. The number of nitrogens with zero attached hydrogens (tertiary/aromatic N) is 2. The molecule has 0 unspecified atom stereocenters. The number of aryl methyl sites for hydroxylation is 1. The van der Waals surface area contributed by atoms with E-state index in [1.807, 2.05) is 86.8 Å². The number of furan rings is 1. The number of hydrogen-bond acceptors (Lipinski definition) is 3. The number of hydrogen-bond donors (Lipinski definition) is 0. The fourth-order valence-electron chi connectivity index (χ4n) is 6.65. The van der Waals surface area contributed by atoms with Gasteiger partial charge in [-0.2, -0.15) is 0 Å². The third-order valence-corrected chi connectivity index (χ3v) is 14.3. The van der Waals surface area contributed by atoms with Crippen molar-refractivity contribution in [1.82, 2.24) is 9.97 Å². The number of benzene rings is 5. The summed E-state index contributed by atoms with van der Waals surface area (Å²) in [7, 11) is 0. The van der Waals surface area contributed by atoms with Gasteiger partial charge in [-0.05, 0) is 45.8 Å². The zero-order valence-electron chi connectivity index (χ0n) is 37.3. The molecule has 0 atom stereocenters. The van der Waals surface area contributed by atoms with E-state index in [2.05, 4.69) is 109 Å². The normalized spacial score (nSPS) is 13.1. The van der Waals surface area contributed by atoms with Crippen LogP contribution in [0.15, 0.2) is 138 Å². The molecule has 8 aromatic rings. The molecule has 5 aromatic carbocycles. The Labute approximate surface area is 355 Å². The first-order valence-corrected chi connectivity index (χ1v) is 26.1. The van der Waals surface area contributed by atoms with Crippen LogP contribution in [-0.2, 0) is 25.5 Å². The second-order valence-electron chi connectivity index (χ2n) is 16.4. The summed E-state index contributed by atoms with van der Waals surface area (Å²) >= 11 is -1.91. The van der Waals surface area contributed by atoms with Crippen molar-refractivity contribution in [1.29, 1.82) is 0 Å². The van der Waals surface area contributed by atoms with Crippen LogP contribution in [0.5, 0.6) is 0 Å². The van der Waals surface area contributed by atoms with E-state index in [1.54, 1.807) is 12.3 Å². The second-order valence-corrected chi connectivity index (χ2v) is 27.0. The molecular formula is C51H50GeIrN2O-2. The van der Waals surface area contributed by atoms with Crippen molar-refractivity contribution >= 4 is 39.6 Å². The minimum absolute atomic E-state index is 0. The fraction of sp³-hybridized carbons (Fsp3) is 0.216. The van der Waals surface area contributed by atoms with Gasteiger partial charge in [0.15, 0.2) is 0 Å². The molecule has 0 amide bonds. The molecule has 3 heterocycles. The molecule has 3 aromatic heterocycles. The summed E-state index contributed by atoms with van der Waals surface area (Å²) < 4.78 is 39.6. The molecule has 285 valence electrons. The average molecular weight is 976 g/mol. The smallest absolute Gasteiger partial charge is 0 e. The Balaban J connectivity index is 0.000000204. The summed E-state index contributed by atoms with van der Waals surface area (Å²) in [5.74, 6) is 6.31. The molecular weight excluding hydrogens is 921 g/mol. The average Bonchev–Trinajstić information content (AvgIpc) is 3.58. The molecule has 1 radical (unpaired) electrons. The van der Waals surface area contributed by atoms with Crippen molar-refractivity contribution in [2.24, 2.45) is 0 Å². The van der Waals surface area contributed by atoms with Crippen LogP contribution in [0.25, 0.3) is 66.7 Å². The van der Waals surface area contributed by atoms with Crippen LogP contribution in [-0.4, -0.2) is 23.2 Å². The molecule has 56 heavy (non-hydrogen) atoms. The molecule has 0 aliphatic heterocycles. The van der Waals surface area contributed by atoms with Crippen molar-refractivity contribution in [2.45, 2.75) is 70.0 Å². The van der Waals surface area contributed by atoms with Crippen molar-refractivity contribution in [3.8, 4) is 44.8 Å². The SMILES string of the molecule is [2H]C(C)(C)c1ccnc(-c2[c-]ccc3c2oc2cc(-c4ccc(C(C)(C)C)cc4)ccc23)c1.[2H]C([2H])([2H])c1c[c-]c(-c2cc[c]([Ge]([CH3])([CH3])[CH3])cn2)cc1-c1ccccc1.[Ir]. The van der Waals surface area contributed by atoms with Gasteiger partial charge in [0, 0.05) is 33.1 Å². The molecule has 0 saturated heterocycles. The molecule has 5 heteroatoms. The van der Waals surface area contributed by atoms with E-state index in [4.69, 9.17) is 9.90 Å². The van der Waals surface area contributed by atoms with Gasteiger partial charge in [-0.1, -0.05) is 93.6 Å². The molecule has 0 fully saturated rings. The molecule has 8 rings (SSSR count). The Hall–Kier alpha value is -4.61. The number of aromatic nitrogens is 2. The predicted molar refractivity (Wildman–Crippen MR) is 236 cm³/mol. The largest absolute Gasteiger partial charge is 0 e. The summed E-state index contributed by atoms with van der Waals surface area (Å²) in [6.07, 6.45) is 3.72. The molecule has 0 N–H and O–H groups in total. The molecule has 0 saturated carbocycles. The topological polar surface area (TPSA) is 38.9 Å². The monoisotopic (exact) mass is 977 g/mol. The van der Waals surface area contributed by atoms with Gasteiger partial charge in [0.05, 0.1) is 5.58 Å². The molecule has 0 bridgehead atoms. The van der Waals surface area contributed by atoms with Crippen LogP contribution in [0.2, 0.25) is 17.3 Å². The second kappa shape index (κ2) is 16.9. The van der Waals surface area contributed by atoms with Gasteiger partial charge < -0.3 is 9.40 Å². The van der Waals surface area contributed by atoms with Crippen LogP contribution < -0.4 is 4.40 Å². The van der Waals surface area contributed by atoms with Gasteiger partial charge in [-0.25, -0.2) is 0 Å². The van der Waals surface area contributed by atoms with E-state index in [9.17, 15) is 0 Å². The molecule has 0 spiro atoms. The molecule has 0 aliphatic carbocycles. The third kappa shape index (κ3) is 9.00. The van der Waals surface area contributed by atoms with Crippen LogP contribution >= 0.6 is 0 Å². The zero-order chi connectivity index (χ0) is 42.3. The Kier molecular flexibility index (Phi) is 10.8. The summed E-state index contributed by atoms with van der Waals surface area (Å²) in [5, 5.41) is 2.12. The Morgan fingerprint density at radius 2 is 1.50 bits per heavy atom. The summed E-state index contributed by atoms with van der Waals surface area (Å²) in [4.78, 5) is 9.18. The predicted octanol–water partition coefficient (Wildman–Crippen LogP) is 13.6. The van der Waals surface area contributed by atoms with E-state index >= 15 is 0 Å². The summed E-state index contributed by atoms with van der Waals surface area (Å²) in [5.41, 5.74) is 11.4. The van der Waals surface area contributed by atoms with Crippen LogP contribution in [0.1, 0.15) is 62.7 Å². The maximum absolute atomic E-state index is 8.37. The Morgan fingerprint density at radius 1 is 0.750 bits per heavy atom. The van der Waals surface area contributed by atoms with Crippen LogP contribution in [0.3, 0.4) is 0 Å². The quantitative estimate of drug-likeness (QED) is 0.123. The van der Waals surface area contributed by atoms with E-state index in [0.717, 1.165) is 61.1 Å². The first-order valence-electron chi connectivity index (χ1n) is 20.8.